The van der Waals surface area contributed by atoms with E-state index < -0.39 is 6.04 Å². The Bertz CT molecular complexity index is 843. The summed E-state index contributed by atoms with van der Waals surface area (Å²) in [5.41, 5.74) is 1.93. The van der Waals surface area contributed by atoms with E-state index >= 15 is 0 Å². The molecule has 1 unspecified atom stereocenters. The molecule has 2 aromatic heterocycles. The van der Waals surface area contributed by atoms with Crippen molar-refractivity contribution in [3.63, 3.8) is 0 Å². The average molecular weight is 372 g/mol. The third-order valence-electron chi connectivity index (χ3n) is 5.48. The number of amides is 1. The minimum Gasteiger partial charge on any atom is -0.467 e. The highest BCUT2D eigenvalue weighted by Crippen LogP contribution is 2.26. The number of pyridine rings is 1. The van der Waals surface area contributed by atoms with Gasteiger partial charge in [-0.1, -0.05) is 0 Å². The maximum atomic E-state index is 13.0. The largest absolute Gasteiger partial charge is 0.467 e. The second-order valence-corrected chi connectivity index (χ2v) is 7.10. The summed E-state index contributed by atoms with van der Waals surface area (Å²) in [7, 11) is 1.36. The van der Waals surface area contributed by atoms with Gasteiger partial charge in [-0.05, 0) is 38.2 Å². The van der Waals surface area contributed by atoms with Crippen LogP contribution in [0, 0.1) is 0 Å². The normalized spacial score (nSPS) is 21.4. The van der Waals surface area contributed by atoms with Crippen LogP contribution < -0.4 is 0 Å². The van der Waals surface area contributed by atoms with Crippen LogP contribution in [-0.2, 0) is 14.3 Å². The molecule has 2 aromatic rings. The molecule has 2 saturated heterocycles. The van der Waals surface area contributed by atoms with Crippen molar-refractivity contribution in [3.05, 3.63) is 24.2 Å². The summed E-state index contributed by atoms with van der Waals surface area (Å²) in [6.45, 7) is 2.03. The number of aromatic nitrogens is 3. The second-order valence-electron chi connectivity index (χ2n) is 7.10. The van der Waals surface area contributed by atoms with Gasteiger partial charge in [-0.25, -0.2) is 14.8 Å². The molecule has 2 aliphatic rings. The quantitative estimate of drug-likeness (QED) is 0.766. The summed E-state index contributed by atoms with van der Waals surface area (Å²) in [6, 6.07) is 1.57. The van der Waals surface area contributed by atoms with Gasteiger partial charge in [0, 0.05) is 32.0 Å². The highest BCUT2D eigenvalue weighted by molar-refractivity contribution is 5.98. The monoisotopic (exact) mass is 372 g/mol. The van der Waals surface area contributed by atoms with Gasteiger partial charge in [0.25, 0.3) is 5.91 Å². The summed E-state index contributed by atoms with van der Waals surface area (Å²) in [5, 5.41) is 0. The molecule has 144 valence electrons. The molecule has 4 rings (SSSR count). The standard InChI is InChI=1S/C19H24N4O4/c1-26-19(25)16-4-2-3-7-22(16)18(24)13-10-15-17(20-11-13)23(12-21-15)14-5-8-27-9-6-14/h10-12,14,16H,2-9H2,1H3. The van der Waals surface area contributed by atoms with Crippen LogP contribution in [0.25, 0.3) is 11.2 Å². The van der Waals surface area contributed by atoms with Gasteiger partial charge in [-0.3, -0.25) is 4.79 Å². The molecule has 0 N–H and O–H groups in total. The number of carbonyl (C=O) groups excluding carboxylic acids is 2. The minimum absolute atomic E-state index is 0.194. The average Bonchev–Trinajstić information content (AvgIpc) is 3.16. The Morgan fingerprint density at radius 2 is 2.00 bits per heavy atom. The SMILES string of the molecule is COC(=O)C1CCCCN1C(=O)c1cnc2c(c1)ncn2C1CCOCC1. The molecule has 0 spiro atoms. The fraction of sp³-hybridized carbons (Fsp3) is 0.579. The van der Waals surface area contributed by atoms with Crippen LogP contribution >= 0.6 is 0 Å². The summed E-state index contributed by atoms with van der Waals surface area (Å²) in [5.74, 6) is -0.555. The predicted molar refractivity (Wildman–Crippen MR) is 97.3 cm³/mol. The van der Waals surface area contributed by atoms with Crippen LogP contribution in [0.15, 0.2) is 18.6 Å². The van der Waals surface area contributed by atoms with Crippen molar-refractivity contribution in [1.82, 2.24) is 19.4 Å². The Kier molecular flexibility index (Phi) is 5.07. The Hall–Kier alpha value is -2.48. The first-order valence-corrected chi connectivity index (χ1v) is 9.48. The molecule has 2 fully saturated rings. The molecule has 8 heteroatoms. The summed E-state index contributed by atoms with van der Waals surface area (Å²) >= 11 is 0. The number of carbonyl (C=O) groups is 2. The molecule has 8 nitrogen and oxygen atoms in total. The molecule has 0 bridgehead atoms. The Balaban J connectivity index is 1.59. The van der Waals surface area contributed by atoms with E-state index in [-0.39, 0.29) is 11.9 Å². The molecule has 2 aliphatic heterocycles. The Morgan fingerprint density at radius 1 is 1.19 bits per heavy atom. The van der Waals surface area contributed by atoms with Crippen LogP contribution in [0.2, 0.25) is 0 Å². The minimum atomic E-state index is -0.522. The number of likely N-dealkylation sites (tertiary alicyclic amines) is 1. The number of hydrogen-bond donors (Lipinski definition) is 0. The lowest BCUT2D eigenvalue weighted by Crippen LogP contribution is -2.48. The number of methoxy groups -OCH3 is 1. The Morgan fingerprint density at radius 3 is 2.78 bits per heavy atom. The second kappa shape index (κ2) is 7.64. The van der Waals surface area contributed by atoms with Crippen LogP contribution in [-0.4, -0.2) is 64.2 Å². The van der Waals surface area contributed by atoms with Gasteiger partial charge >= 0.3 is 5.97 Å². The van der Waals surface area contributed by atoms with E-state index in [1.165, 1.54) is 7.11 Å². The van der Waals surface area contributed by atoms with E-state index in [2.05, 4.69) is 14.5 Å². The summed E-state index contributed by atoms with van der Waals surface area (Å²) < 4.78 is 12.4. The number of fused-ring (bicyclic) bond motifs is 1. The van der Waals surface area contributed by atoms with Crippen molar-refractivity contribution < 1.29 is 19.1 Å². The molecule has 1 atom stereocenters. The summed E-state index contributed by atoms with van der Waals surface area (Å²) in [6.07, 6.45) is 7.67. The van der Waals surface area contributed by atoms with E-state index in [4.69, 9.17) is 9.47 Å². The van der Waals surface area contributed by atoms with E-state index in [0.717, 1.165) is 44.5 Å². The molecule has 0 saturated carbocycles. The highest BCUT2D eigenvalue weighted by Gasteiger charge is 2.33. The molecule has 0 aliphatic carbocycles. The molecular weight excluding hydrogens is 348 g/mol. The topological polar surface area (TPSA) is 86.5 Å². The van der Waals surface area contributed by atoms with Crippen molar-refractivity contribution in [2.45, 2.75) is 44.2 Å². The van der Waals surface area contributed by atoms with Gasteiger partial charge in [0.2, 0.25) is 0 Å². The number of rotatable bonds is 3. The van der Waals surface area contributed by atoms with Gasteiger partial charge in [0.1, 0.15) is 11.6 Å². The maximum absolute atomic E-state index is 13.0. The van der Waals surface area contributed by atoms with Crippen LogP contribution in [0.4, 0.5) is 0 Å². The molecule has 1 amide bonds. The zero-order valence-electron chi connectivity index (χ0n) is 15.5. The lowest BCUT2D eigenvalue weighted by Gasteiger charge is -2.33. The fourth-order valence-electron chi connectivity index (χ4n) is 3.99. The van der Waals surface area contributed by atoms with Gasteiger partial charge < -0.3 is 18.9 Å². The molecular formula is C19H24N4O4. The van der Waals surface area contributed by atoms with Crippen molar-refractivity contribution in [1.29, 1.82) is 0 Å². The zero-order chi connectivity index (χ0) is 18.8. The lowest BCUT2D eigenvalue weighted by molar-refractivity contribution is -0.147. The third kappa shape index (κ3) is 3.41. The predicted octanol–water partition coefficient (Wildman–Crippen LogP) is 1.95. The highest BCUT2D eigenvalue weighted by atomic mass is 16.5. The number of nitrogens with zero attached hydrogens (tertiary/aromatic N) is 4. The van der Waals surface area contributed by atoms with Crippen molar-refractivity contribution in [2.24, 2.45) is 0 Å². The molecule has 0 aromatic carbocycles. The van der Waals surface area contributed by atoms with Gasteiger partial charge in [0.15, 0.2) is 5.65 Å². The number of piperidine rings is 1. The third-order valence-corrected chi connectivity index (χ3v) is 5.48. The van der Waals surface area contributed by atoms with Gasteiger partial charge in [0.05, 0.1) is 19.0 Å². The van der Waals surface area contributed by atoms with E-state index in [9.17, 15) is 9.59 Å². The number of hydrogen-bond acceptors (Lipinski definition) is 6. The van der Waals surface area contributed by atoms with Crippen molar-refractivity contribution in [2.75, 3.05) is 26.9 Å². The molecule has 27 heavy (non-hydrogen) atoms. The first-order chi connectivity index (χ1) is 13.2. The summed E-state index contributed by atoms with van der Waals surface area (Å²) in [4.78, 5) is 35.6. The van der Waals surface area contributed by atoms with Crippen LogP contribution in [0.5, 0.6) is 0 Å². The Labute approximate surface area is 157 Å². The maximum Gasteiger partial charge on any atom is 0.328 e. The first kappa shape index (κ1) is 17.9. The lowest BCUT2D eigenvalue weighted by atomic mass is 10.0. The molecule has 4 heterocycles. The van der Waals surface area contributed by atoms with Gasteiger partial charge in [-0.2, -0.15) is 0 Å². The molecule has 0 radical (unpaired) electrons. The zero-order valence-corrected chi connectivity index (χ0v) is 15.5. The number of ether oxygens (including phenoxy) is 2. The van der Waals surface area contributed by atoms with Crippen LogP contribution in [0.3, 0.4) is 0 Å². The van der Waals surface area contributed by atoms with Crippen LogP contribution in [0.1, 0.15) is 48.5 Å². The van der Waals surface area contributed by atoms with Gasteiger partial charge in [-0.15, -0.1) is 0 Å². The number of imidazole rings is 1. The number of esters is 1. The van der Waals surface area contributed by atoms with E-state index in [1.54, 1.807) is 23.5 Å². The van der Waals surface area contributed by atoms with Crippen molar-refractivity contribution in [3.8, 4) is 0 Å². The first-order valence-electron chi connectivity index (χ1n) is 9.48. The van der Waals surface area contributed by atoms with E-state index in [0.29, 0.717) is 30.1 Å². The van der Waals surface area contributed by atoms with E-state index in [1.807, 2.05) is 0 Å². The fourth-order valence-corrected chi connectivity index (χ4v) is 3.99. The smallest absolute Gasteiger partial charge is 0.328 e. The van der Waals surface area contributed by atoms with Crippen molar-refractivity contribution >= 4 is 23.0 Å².